The summed E-state index contributed by atoms with van der Waals surface area (Å²) in [5.74, 6) is 0.252. The monoisotopic (exact) mass is 314 g/mol. The van der Waals surface area contributed by atoms with Crippen molar-refractivity contribution in [3.05, 3.63) is 29.7 Å². The Hall–Kier alpha value is -2.44. The molecule has 7 heteroatoms. The zero-order chi connectivity index (χ0) is 16.2. The van der Waals surface area contributed by atoms with E-state index in [4.69, 9.17) is 0 Å². The number of amides is 1. The third-order valence-electron chi connectivity index (χ3n) is 4.03. The predicted molar refractivity (Wildman–Crippen MR) is 88.7 cm³/mol. The molecule has 0 bridgehead atoms. The normalized spacial score (nSPS) is 14.8. The van der Waals surface area contributed by atoms with Crippen LogP contribution in [-0.4, -0.2) is 39.0 Å². The first-order valence-electron chi connectivity index (χ1n) is 8.11. The fourth-order valence-electron chi connectivity index (χ4n) is 2.76. The first-order valence-corrected chi connectivity index (χ1v) is 8.11. The van der Waals surface area contributed by atoms with Gasteiger partial charge in [0, 0.05) is 13.1 Å². The Morgan fingerprint density at radius 2 is 2.00 bits per heavy atom. The highest BCUT2D eigenvalue weighted by atomic mass is 16.2. The number of anilines is 2. The van der Waals surface area contributed by atoms with Crippen LogP contribution >= 0.6 is 0 Å². The molecule has 0 saturated carbocycles. The molecule has 0 atom stereocenters. The summed E-state index contributed by atoms with van der Waals surface area (Å²) in [6.45, 7) is 6.50. The van der Waals surface area contributed by atoms with E-state index < -0.39 is 0 Å². The lowest BCUT2D eigenvalue weighted by Crippen LogP contribution is -2.29. The number of nitrogens with zero attached hydrogens (tertiary/aromatic N) is 5. The van der Waals surface area contributed by atoms with Gasteiger partial charge in [-0.3, -0.25) is 4.79 Å². The second-order valence-corrected chi connectivity index (χ2v) is 5.73. The fourth-order valence-corrected chi connectivity index (χ4v) is 2.76. The molecule has 1 amide bonds. The molecule has 3 rings (SSSR count). The van der Waals surface area contributed by atoms with Gasteiger partial charge in [0.2, 0.25) is 0 Å². The summed E-state index contributed by atoms with van der Waals surface area (Å²) in [7, 11) is 0. The molecule has 1 N–H and O–H groups in total. The fraction of sp³-hybridized carbons (Fsp3) is 0.500. The molecule has 1 saturated heterocycles. The topological polar surface area (TPSA) is 75.9 Å². The molecule has 0 aliphatic carbocycles. The summed E-state index contributed by atoms with van der Waals surface area (Å²) in [6, 6.07) is 3.84. The van der Waals surface area contributed by atoms with E-state index in [1.54, 1.807) is 6.92 Å². The van der Waals surface area contributed by atoms with E-state index in [0.29, 0.717) is 23.8 Å². The summed E-state index contributed by atoms with van der Waals surface area (Å²) in [4.78, 5) is 20.5. The molecule has 122 valence electrons. The van der Waals surface area contributed by atoms with Crippen LogP contribution in [0.5, 0.6) is 0 Å². The molecular weight excluding hydrogens is 292 g/mol. The summed E-state index contributed by atoms with van der Waals surface area (Å²) in [6.07, 6.45) is 5.57. The minimum Gasteiger partial charge on any atom is -0.370 e. The van der Waals surface area contributed by atoms with Crippen molar-refractivity contribution in [2.24, 2.45) is 0 Å². The summed E-state index contributed by atoms with van der Waals surface area (Å²) < 4.78 is 0. The molecule has 2 aromatic heterocycles. The first-order chi connectivity index (χ1) is 11.2. The maximum Gasteiger partial charge on any atom is 0.279 e. The van der Waals surface area contributed by atoms with Gasteiger partial charge in [0.25, 0.3) is 5.91 Å². The quantitative estimate of drug-likeness (QED) is 0.936. The minimum absolute atomic E-state index is 0.277. The zero-order valence-electron chi connectivity index (χ0n) is 13.6. The van der Waals surface area contributed by atoms with Gasteiger partial charge in [0.15, 0.2) is 5.69 Å². The number of aryl methyl sites for hydroxylation is 2. The van der Waals surface area contributed by atoms with Gasteiger partial charge in [-0.25, -0.2) is 4.98 Å². The van der Waals surface area contributed by atoms with Crippen LogP contribution in [0.2, 0.25) is 0 Å². The number of carbonyl (C=O) groups is 1. The van der Waals surface area contributed by atoms with Crippen molar-refractivity contribution in [2.45, 2.75) is 39.7 Å². The Kier molecular flexibility index (Phi) is 4.55. The number of carbonyl (C=O) groups excluding carboxylic acids is 1. The van der Waals surface area contributed by atoms with Crippen LogP contribution in [0.3, 0.4) is 0 Å². The average Bonchev–Trinajstić information content (AvgIpc) is 2.97. The van der Waals surface area contributed by atoms with Crippen molar-refractivity contribution in [3.63, 3.8) is 0 Å². The molecule has 3 heterocycles. The van der Waals surface area contributed by atoms with Crippen molar-refractivity contribution in [1.29, 1.82) is 0 Å². The smallest absolute Gasteiger partial charge is 0.279 e. The van der Waals surface area contributed by atoms with Gasteiger partial charge >= 0.3 is 0 Å². The van der Waals surface area contributed by atoms with Gasteiger partial charge in [0.05, 0.1) is 24.1 Å². The van der Waals surface area contributed by atoms with Crippen LogP contribution in [0.15, 0.2) is 18.3 Å². The first kappa shape index (κ1) is 15.5. The van der Waals surface area contributed by atoms with Gasteiger partial charge < -0.3 is 10.2 Å². The van der Waals surface area contributed by atoms with Crippen LogP contribution in [-0.2, 0) is 6.54 Å². The second-order valence-electron chi connectivity index (χ2n) is 5.73. The molecule has 7 nitrogen and oxygen atoms in total. The number of hydrogen-bond acceptors (Lipinski definition) is 5. The number of hydrogen-bond donors (Lipinski definition) is 1. The Balaban J connectivity index is 1.67. The largest absolute Gasteiger partial charge is 0.370 e. The molecule has 0 unspecified atom stereocenters. The van der Waals surface area contributed by atoms with Crippen molar-refractivity contribution in [1.82, 2.24) is 20.0 Å². The maximum absolute atomic E-state index is 12.3. The number of nitrogens with one attached hydrogen (secondary N) is 1. The molecule has 2 aromatic rings. The van der Waals surface area contributed by atoms with E-state index in [-0.39, 0.29) is 5.91 Å². The summed E-state index contributed by atoms with van der Waals surface area (Å²) in [5.41, 5.74) is 2.07. The van der Waals surface area contributed by atoms with Crippen molar-refractivity contribution < 1.29 is 4.79 Å². The standard InChI is InChI=1S/C16H22N6O/c1-3-22-19-12(2)15(20-22)16(23)18-14-8-7-13(11-17-14)21-9-5-4-6-10-21/h7-8,11H,3-6,9-10H2,1-2H3,(H,17,18,23). The van der Waals surface area contributed by atoms with E-state index in [9.17, 15) is 4.79 Å². The lowest BCUT2D eigenvalue weighted by molar-refractivity contribution is 0.102. The molecule has 1 aliphatic heterocycles. The van der Waals surface area contributed by atoms with Crippen LogP contribution in [0.1, 0.15) is 42.4 Å². The molecule has 1 fully saturated rings. The van der Waals surface area contributed by atoms with Crippen LogP contribution < -0.4 is 10.2 Å². The van der Waals surface area contributed by atoms with Gasteiger partial charge in [0.1, 0.15) is 5.82 Å². The molecule has 0 aromatic carbocycles. The van der Waals surface area contributed by atoms with Crippen molar-refractivity contribution >= 4 is 17.4 Å². The molecular formula is C16H22N6O. The lowest BCUT2D eigenvalue weighted by Gasteiger charge is -2.28. The number of piperidine rings is 1. The molecule has 0 radical (unpaired) electrons. The Bertz CT molecular complexity index is 672. The Labute approximate surface area is 135 Å². The minimum atomic E-state index is -0.277. The average molecular weight is 314 g/mol. The highest BCUT2D eigenvalue weighted by Gasteiger charge is 2.16. The number of aromatic nitrogens is 4. The molecule has 0 spiro atoms. The molecule has 1 aliphatic rings. The van der Waals surface area contributed by atoms with E-state index in [0.717, 1.165) is 18.8 Å². The van der Waals surface area contributed by atoms with E-state index >= 15 is 0 Å². The van der Waals surface area contributed by atoms with E-state index in [1.165, 1.54) is 24.1 Å². The van der Waals surface area contributed by atoms with E-state index in [2.05, 4.69) is 25.4 Å². The SMILES string of the molecule is CCn1nc(C)c(C(=O)Nc2ccc(N3CCCCC3)cn2)n1. The predicted octanol–water partition coefficient (Wildman–Crippen LogP) is 2.24. The number of pyridine rings is 1. The lowest BCUT2D eigenvalue weighted by atomic mass is 10.1. The van der Waals surface area contributed by atoms with Gasteiger partial charge in [-0.2, -0.15) is 9.90 Å². The van der Waals surface area contributed by atoms with Gasteiger partial charge in [-0.1, -0.05) is 0 Å². The van der Waals surface area contributed by atoms with Gasteiger partial charge in [-0.05, 0) is 45.2 Å². The van der Waals surface area contributed by atoms with Gasteiger partial charge in [-0.15, -0.1) is 5.10 Å². The van der Waals surface area contributed by atoms with Crippen LogP contribution in [0, 0.1) is 6.92 Å². The third kappa shape index (κ3) is 3.49. The van der Waals surface area contributed by atoms with Crippen molar-refractivity contribution in [2.75, 3.05) is 23.3 Å². The summed E-state index contributed by atoms with van der Waals surface area (Å²) >= 11 is 0. The Morgan fingerprint density at radius 1 is 1.22 bits per heavy atom. The maximum atomic E-state index is 12.3. The Morgan fingerprint density at radius 3 is 2.61 bits per heavy atom. The summed E-state index contributed by atoms with van der Waals surface area (Å²) in [5, 5.41) is 11.1. The number of rotatable bonds is 4. The highest BCUT2D eigenvalue weighted by Crippen LogP contribution is 2.20. The van der Waals surface area contributed by atoms with Crippen molar-refractivity contribution in [3.8, 4) is 0 Å². The third-order valence-corrected chi connectivity index (χ3v) is 4.03. The van der Waals surface area contributed by atoms with Crippen LogP contribution in [0.25, 0.3) is 0 Å². The zero-order valence-corrected chi connectivity index (χ0v) is 13.6. The van der Waals surface area contributed by atoms with E-state index in [1.807, 2.05) is 25.3 Å². The molecule has 23 heavy (non-hydrogen) atoms. The highest BCUT2D eigenvalue weighted by molar-refractivity contribution is 6.02. The second kappa shape index (κ2) is 6.76. The van der Waals surface area contributed by atoms with Crippen LogP contribution in [0.4, 0.5) is 11.5 Å².